The first-order chi connectivity index (χ1) is 11.4. The average molecular weight is 333 g/mol. The van der Waals surface area contributed by atoms with Gasteiger partial charge in [-0.25, -0.2) is 0 Å². The number of methoxy groups -OCH3 is 1. The number of hydrogen-bond acceptors (Lipinski definition) is 4. The third kappa shape index (κ3) is 7.44. The standard InChI is InChI=1S/C17H23N3O4/c1-20(2)17(23)12-19-16(22)10-11-18-15(21)9-6-13-4-7-14(24-3)8-5-13/h4-9H,10-12H2,1-3H3,(H,18,21)(H,19,22)/b9-6+. The van der Waals surface area contributed by atoms with E-state index in [1.54, 1.807) is 39.4 Å². The molecule has 0 saturated carbocycles. The number of amides is 3. The van der Waals surface area contributed by atoms with E-state index in [1.807, 2.05) is 12.1 Å². The van der Waals surface area contributed by atoms with Crippen LogP contribution in [0.1, 0.15) is 12.0 Å². The molecule has 7 heteroatoms. The fourth-order valence-electron chi connectivity index (χ4n) is 1.67. The van der Waals surface area contributed by atoms with Crippen molar-refractivity contribution >= 4 is 23.8 Å². The Balaban J connectivity index is 2.26. The molecule has 0 saturated heterocycles. The van der Waals surface area contributed by atoms with Crippen molar-refractivity contribution in [2.24, 2.45) is 0 Å². The minimum atomic E-state index is -0.289. The summed E-state index contributed by atoms with van der Waals surface area (Å²) >= 11 is 0. The van der Waals surface area contributed by atoms with E-state index in [2.05, 4.69) is 10.6 Å². The van der Waals surface area contributed by atoms with Crippen LogP contribution in [-0.2, 0) is 14.4 Å². The summed E-state index contributed by atoms with van der Waals surface area (Å²) in [5, 5.41) is 5.10. The lowest BCUT2D eigenvalue weighted by Gasteiger charge is -2.10. The van der Waals surface area contributed by atoms with E-state index in [-0.39, 0.29) is 37.2 Å². The molecule has 3 amide bonds. The van der Waals surface area contributed by atoms with Gasteiger partial charge in [-0.05, 0) is 23.8 Å². The Kier molecular flexibility index (Phi) is 8.04. The van der Waals surface area contributed by atoms with Crippen LogP contribution in [0.5, 0.6) is 5.75 Å². The monoisotopic (exact) mass is 333 g/mol. The molecule has 130 valence electrons. The molecule has 1 rings (SSSR count). The van der Waals surface area contributed by atoms with Crippen molar-refractivity contribution in [3.8, 4) is 5.75 Å². The van der Waals surface area contributed by atoms with Gasteiger partial charge in [0.25, 0.3) is 0 Å². The molecule has 0 bridgehead atoms. The van der Waals surface area contributed by atoms with E-state index in [0.717, 1.165) is 11.3 Å². The van der Waals surface area contributed by atoms with E-state index < -0.39 is 0 Å². The van der Waals surface area contributed by atoms with Gasteiger partial charge in [-0.15, -0.1) is 0 Å². The van der Waals surface area contributed by atoms with Gasteiger partial charge in [-0.1, -0.05) is 12.1 Å². The lowest BCUT2D eigenvalue weighted by Crippen LogP contribution is -2.37. The van der Waals surface area contributed by atoms with E-state index in [9.17, 15) is 14.4 Å². The van der Waals surface area contributed by atoms with Crippen LogP contribution in [0.25, 0.3) is 6.08 Å². The molecule has 0 aromatic heterocycles. The van der Waals surface area contributed by atoms with Gasteiger partial charge in [0.05, 0.1) is 13.7 Å². The highest BCUT2D eigenvalue weighted by molar-refractivity contribution is 5.92. The topological polar surface area (TPSA) is 87.7 Å². The predicted octanol–water partition coefficient (Wildman–Crippen LogP) is 0.419. The lowest BCUT2D eigenvalue weighted by atomic mass is 10.2. The van der Waals surface area contributed by atoms with E-state index in [1.165, 1.54) is 11.0 Å². The molecule has 24 heavy (non-hydrogen) atoms. The third-order valence-electron chi connectivity index (χ3n) is 3.13. The number of nitrogens with zero attached hydrogens (tertiary/aromatic N) is 1. The molecule has 1 aromatic rings. The Bertz CT molecular complexity index is 594. The Labute approximate surface area is 141 Å². The van der Waals surface area contributed by atoms with Crippen molar-refractivity contribution in [1.29, 1.82) is 0 Å². The normalized spacial score (nSPS) is 10.3. The number of carbonyl (C=O) groups excluding carboxylic acids is 3. The molecular weight excluding hydrogens is 310 g/mol. The first-order valence-electron chi connectivity index (χ1n) is 7.49. The molecule has 0 atom stereocenters. The fourth-order valence-corrected chi connectivity index (χ4v) is 1.67. The second kappa shape index (κ2) is 10.0. The van der Waals surface area contributed by atoms with Crippen molar-refractivity contribution in [1.82, 2.24) is 15.5 Å². The predicted molar refractivity (Wildman–Crippen MR) is 91.4 cm³/mol. The van der Waals surface area contributed by atoms with Crippen LogP contribution in [0.3, 0.4) is 0 Å². The SMILES string of the molecule is COc1ccc(/C=C/C(=O)NCCC(=O)NCC(=O)N(C)C)cc1. The minimum Gasteiger partial charge on any atom is -0.497 e. The summed E-state index contributed by atoms with van der Waals surface area (Å²) in [6.45, 7) is 0.158. The number of ether oxygens (including phenoxy) is 1. The van der Waals surface area contributed by atoms with Gasteiger partial charge in [0.2, 0.25) is 17.7 Å². The quantitative estimate of drug-likeness (QED) is 0.675. The highest BCUT2D eigenvalue weighted by Gasteiger charge is 2.07. The zero-order chi connectivity index (χ0) is 17.9. The van der Waals surface area contributed by atoms with Crippen LogP contribution in [0.15, 0.2) is 30.3 Å². The summed E-state index contributed by atoms with van der Waals surface area (Å²) < 4.78 is 5.05. The van der Waals surface area contributed by atoms with Gasteiger partial charge in [0.1, 0.15) is 5.75 Å². The van der Waals surface area contributed by atoms with Crippen LogP contribution >= 0.6 is 0 Å². The molecular formula is C17H23N3O4. The molecule has 1 aromatic carbocycles. The molecule has 7 nitrogen and oxygen atoms in total. The van der Waals surface area contributed by atoms with Crippen LogP contribution in [0.2, 0.25) is 0 Å². The number of benzene rings is 1. The third-order valence-corrected chi connectivity index (χ3v) is 3.13. The first-order valence-corrected chi connectivity index (χ1v) is 7.49. The van der Waals surface area contributed by atoms with Gasteiger partial charge < -0.3 is 20.3 Å². The molecule has 0 aliphatic carbocycles. The van der Waals surface area contributed by atoms with Gasteiger partial charge in [-0.3, -0.25) is 14.4 Å². The molecule has 0 aliphatic rings. The van der Waals surface area contributed by atoms with Crippen molar-refractivity contribution in [3.63, 3.8) is 0 Å². The molecule has 0 heterocycles. The fraction of sp³-hybridized carbons (Fsp3) is 0.353. The largest absolute Gasteiger partial charge is 0.497 e. The second-order valence-electron chi connectivity index (χ2n) is 5.21. The Morgan fingerprint density at radius 3 is 2.38 bits per heavy atom. The van der Waals surface area contributed by atoms with Crippen molar-refractivity contribution in [2.45, 2.75) is 6.42 Å². The number of nitrogens with one attached hydrogen (secondary N) is 2. The Hall–Kier alpha value is -2.83. The molecule has 0 unspecified atom stereocenters. The molecule has 0 fully saturated rings. The van der Waals surface area contributed by atoms with E-state index >= 15 is 0 Å². The number of rotatable bonds is 8. The molecule has 0 aliphatic heterocycles. The van der Waals surface area contributed by atoms with Gasteiger partial charge >= 0.3 is 0 Å². The Morgan fingerprint density at radius 2 is 1.79 bits per heavy atom. The van der Waals surface area contributed by atoms with Crippen LogP contribution < -0.4 is 15.4 Å². The van der Waals surface area contributed by atoms with E-state index in [4.69, 9.17) is 4.74 Å². The number of likely N-dealkylation sites (N-methyl/N-ethyl adjacent to an activating group) is 1. The highest BCUT2D eigenvalue weighted by Crippen LogP contribution is 2.12. The number of hydrogen-bond donors (Lipinski definition) is 2. The molecule has 2 N–H and O–H groups in total. The van der Waals surface area contributed by atoms with Crippen molar-refractivity contribution < 1.29 is 19.1 Å². The summed E-state index contributed by atoms with van der Waals surface area (Å²) in [5.41, 5.74) is 0.867. The average Bonchev–Trinajstić information content (AvgIpc) is 2.58. The first kappa shape index (κ1) is 19.2. The van der Waals surface area contributed by atoms with Gasteiger partial charge in [0, 0.05) is 33.1 Å². The summed E-state index contributed by atoms with van der Waals surface area (Å²) in [5.74, 6) is -0.0159. The minimum absolute atomic E-state index is 0.0445. The van der Waals surface area contributed by atoms with Crippen molar-refractivity contribution in [2.75, 3.05) is 34.3 Å². The Morgan fingerprint density at radius 1 is 1.12 bits per heavy atom. The van der Waals surface area contributed by atoms with Gasteiger partial charge in [-0.2, -0.15) is 0 Å². The zero-order valence-corrected chi connectivity index (χ0v) is 14.2. The second-order valence-corrected chi connectivity index (χ2v) is 5.21. The van der Waals surface area contributed by atoms with Crippen LogP contribution in [-0.4, -0.2) is 56.9 Å². The highest BCUT2D eigenvalue weighted by atomic mass is 16.5. The summed E-state index contributed by atoms with van der Waals surface area (Å²) in [6.07, 6.45) is 3.18. The zero-order valence-electron chi connectivity index (χ0n) is 14.2. The van der Waals surface area contributed by atoms with Gasteiger partial charge in [0.15, 0.2) is 0 Å². The maximum absolute atomic E-state index is 11.7. The molecule has 0 spiro atoms. The maximum atomic E-state index is 11.7. The van der Waals surface area contributed by atoms with Crippen LogP contribution in [0, 0.1) is 0 Å². The van der Waals surface area contributed by atoms with E-state index in [0.29, 0.717) is 0 Å². The molecule has 0 radical (unpaired) electrons. The lowest BCUT2D eigenvalue weighted by molar-refractivity contribution is -0.131. The van der Waals surface area contributed by atoms with Crippen LogP contribution in [0.4, 0.5) is 0 Å². The smallest absolute Gasteiger partial charge is 0.244 e. The maximum Gasteiger partial charge on any atom is 0.244 e. The summed E-state index contributed by atoms with van der Waals surface area (Å²) in [6, 6.07) is 7.27. The summed E-state index contributed by atoms with van der Waals surface area (Å²) in [7, 11) is 4.82. The number of carbonyl (C=O) groups is 3. The van der Waals surface area contributed by atoms with Crippen molar-refractivity contribution in [3.05, 3.63) is 35.9 Å². The summed E-state index contributed by atoms with van der Waals surface area (Å²) in [4.78, 5) is 35.9.